The highest BCUT2D eigenvalue weighted by Crippen LogP contribution is 2.25. The molecule has 0 radical (unpaired) electrons. The van der Waals surface area contributed by atoms with Crippen molar-refractivity contribution in [2.45, 2.75) is 13.8 Å². The van der Waals surface area contributed by atoms with Gasteiger partial charge in [-0.25, -0.2) is 9.18 Å². The van der Waals surface area contributed by atoms with E-state index in [1.807, 2.05) is 43.3 Å². The van der Waals surface area contributed by atoms with Crippen molar-refractivity contribution in [3.8, 4) is 16.9 Å². The van der Waals surface area contributed by atoms with E-state index >= 15 is 0 Å². The van der Waals surface area contributed by atoms with Gasteiger partial charge in [-0.05, 0) is 60.4 Å². The highest BCUT2D eigenvalue weighted by molar-refractivity contribution is 5.91. The van der Waals surface area contributed by atoms with Crippen LogP contribution in [0.1, 0.15) is 35.3 Å². The van der Waals surface area contributed by atoms with Crippen LogP contribution in [0.25, 0.3) is 22.3 Å². The van der Waals surface area contributed by atoms with E-state index in [2.05, 4.69) is 13.2 Å². The first-order chi connectivity index (χ1) is 13.3. The molecule has 0 bridgehead atoms. The Hall–Kier alpha value is -3.46. The normalized spacial score (nSPS) is 10.4. The molecule has 0 spiro atoms. The van der Waals surface area contributed by atoms with Gasteiger partial charge >= 0.3 is 5.97 Å². The average molecular weight is 372 g/mol. The van der Waals surface area contributed by atoms with Crippen LogP contribution in [-0.2, 0) is 0 Å². The molecule has 3 aromatic rings. The maximum Gasteiger partial charge on any atom is 0.343 e. The minimum Gasteiger partial charge on any atom is -0.420 e. The Labute approximate surface area is 164 Å². The fourth-order valence-electron chi connectivity index (χ4n) is 2.75. The first-order valence-electron chi connectivity index (χ1n) is 8.89. The van der Waals surface area contributed by atoms with Crippen molar-refractivity contribution in [1.82, 2.24) is 0 Å². The van der Waals surface area contributed by atoms with Crippen LogP contribution in [0, 0.1) is 5.82 Å². The van der Waals surface area contributed by atoms with Gasteiger partial charge in [-0.15, -0.1) is 0 Å². The summed E-state index contributed by atoms with van der Waals surface area (Å²) in [4.78, 5) is 12.3. The second-order valence-electron chi connectivity index (χ2n) is 6.75. The van der Waals surface area contributed by atoms with E-state index in [1.165, 1.54) is 12.1 Å². The third-order valence-corrected chi connectivity index (χ3v) is 4.46. The van der Waals surface area contributed by atoms with Gasteiger partial charge in [0.1, 0.15) is 0 Å². The summed E-state index contributed by atoms with van der Waals surface area (Å²) in [6.45, 7) is 11.5. The molecular formula is C25H21FO2. The van der Waals surface area contributed by atoms with Crippen LogP contribution in [-0.4, -0.2) is 5.97 Å². The zero-order valence-corrected chi connectivity index (χ0v) is 16.0. The first-order valence-corrected chi connectivity index (χ1v) is 8.89. The van der Waals surface area contributed by atoms with Crippen molar-refractivity contribution >= 4 is 17.1 Å². The van der Waals surface area contributed by atoms with Gasteiger partial charge in [0.2, 0.25) is 0 Å². The highest BCUT2D eigenvalue weighted by Gasteiger charge is 2.13. The number of carbonyl (C=O) groups excluding carboxylic acids is 1. The molecule has 3 aromatic carbocycles. The molecule has 0 N–H and O–H groups in total. The number of benzene rings is 3. The number of esters is 1. The van der Waals surface area contributed by atoms with Crippen LogP contribution in [0.15, 0.2) is 79.9 Å². The van der Waals surface area contributed by atoms with Gasteiger partial charge in [-0.3, -0.25) is 0 Å². The molecule has 0 atom stereocenters. The van der Waals surface area contributed by atoms with Crippen molar-refractivity contribution < 1.29 is 13.9 Å². The largest absolute Gasteiger partial charge is 0.420 e. The van der Waals surface area contributed by atoms with E-state index in [0.29, 0.717) is 11.1 Å². The van der Waals surface area contributed by atoms with Gasteiger partial charge in [-0.2, -0.15) is 0 Å². The SMILES string of the molecule is C=C(C)c1ccc(-c2ccc(C(=O)Oc3ccc(C(=C)C)cc3F)cc2)cc1. The van der Waals surface area contributed by atoms with Crippen LogP contribution in [0.5, 0.6) is 5.75 Å². The zero-order valence-electron chi connectivity index (χ0n) is 16.0. The number of hydrogen-bond donors (Lipinski definition) is 0. The van der Waals surface area contributed by atoms with Crippen molar-refractivity contribution in [2.75, 3.05) is 0 Å². The molecule has 3 heteroatoms. The van der Waals surface area contributed by atoms with Gasteiger partial charge in [0.05, 0.1) is 5.56 Å². The molecule has 0 saturated carbocycles. The fraction of sp³-hybridized carbons (Fsp3) is 0.0800. The highest BCUT2D eigenvalue weighted by atomic mass is 19.1. The molecule has 0 aliphatic carbocycles. The summed E-state index contributed by atoms with van der Waals surface area (Å²) in [7, 11) is 0. The van der Waals surface area contributed by atoms with Crippen LogP contribution in [0.4, 0.5) is 4.39 Å². The Morgan fingerprint density at radius 1 is 0.750 bits per heavy atom. The smallest absolute Gasteiger partial charge is 0.343 e. The molecule has 0 saturated heterocycles. The second-order valence-corrected chi connectivity index (χ2v) is 6.75. The molecule has 0 aliphatic rings. The van der Waals surface area contributed by atoms with Gasteiger partial charge in [0.25, 0.3) is 0 Å². The quantitative estimate of drug-likeness (QED) is 0.364. The molecule has 0 aromatic heterocycles. The summed E-state index contributed by atoms with van der Waals surface area (Å²) in [6, 6.07) is 19.5. The third-order valence-electron chi connectivity index (χ3n) is 4.46. The lowest BCUT2D eigenvalue weighted by atomic mass is 10.0. The number of carbonyl (C=O) groups is 1. The van der Waals surface area contributed by atoms with Crippen LogP contribution < -0.4 is 4.74 Å². The van der Waals surface area contributed by atoms with Crippen molar-refractivity contribution in [3.63, 3.8) is 0 Å². The maximum absolute atomic E-state index is 14.1. The van der Waals surface area contributed by atoms with Gasteiger partial charge in [-0.1, -0.05) is 66.8 Å². The third kappa shape index (κ3) is 4.26. The van der Waals surface area contributed by atoms with Gasteiger partial charge in [0.15, 0.2) is 11.6 Å². The Kier molecular flexibility index (Phi) is 5.55. The number of hydrogen-bond acceptors (Lipinski definition) is 2. The Morgan fingerprint density at radius 2 is 1.21 bits per heavy atom. The summed E-state index contributed by atoms with van der Waals surface area (Å²) < 4.78 is 19.3. The summed E-state index contributed by atoms with van der Waals surface area (Å²) in [5.41, 5.74) is 5.86. The predicted octanol–water partition coefficient (Wildman–Crippen LogP) is 6.78. The van der Waals surface area contributed by atoms with E-state index in [4.69, 9.17) is 4.74 Å². The predicted molar refractivity (Wildman–Crippen MR) is 113 cm³/mol. The number of rotatable bonds is 5. The maximum atomic E-state index is 14.1. The average Bonchev–Trinajstić information content (AvgIpc) is 2.69. The van der Waals surface area contributed by atoms with Gasteiger partial charge in [0, 0.05) is 0 Å². The molecule has 2 nitrogen and oxygen atoms in total. The van der Waals surface area contributed by atoms with Crippen molar-refractivity contribution in [2.24, 2.45) is 0 Å². The Morgan fingerprint density at radius 3 is 1.68 bits per heavy atom. The Balaban J connectivity index is 1.75. The molecule has 0 fully saturated rings. The summed E-state index contributed by atoms with van der Waals surface area (Å²) >= 11 is 0. The molecule has 28 heavy (non-hydrogen) atoms. The van der Waals surface area contributed by atoms with E-state index in [1.54, 1.807) is 25.1 Å². The molecular weight excluding hydrogens is 351 g/mol. The summed E-state index contributed by atoms with van der Waals surface area (Å²) in [5.74, 6) is -1.30. The van der Waals surface area contributed by atoms with Crippen molar-refractivity contribution in [1.29, 1.82) is 0 Å². The molecule has 0 aliphatic heterocycles. The summed E-state index contributed by atoms with van der Waals surface area (Å²) in [6.07, 6.45) is 0. The molecule has 0 amide bonds. The lowest BCUT2D eigenvalue weighted by Crippen LogP contribution is -2.09. The minimum atomic E-state index is -0.605. The first kappa shape index (κ1) is 19.3. The standard InChI is InChI=1S/C25H21FO2/c1-16(2)18-5-7-19(8-6-18)20-9-11-21(12-10-20)25(27)28-24-14-13-22(17(3)4)15-23(24)26/h5-15H,1,3H2,2,4H3. The number of halogens is 1. The van der Waals surface area contributed by atoms with E-state index < -0.39 is 11.8 Å². The monoisotopic (exact) mass is 372 g/mol. The van der Waals surface area contributed by atoms with E-state index in [-0.39, 0.29) is 5.75 Å². The lowest BCUT2D eigenvalue weighted by Gasteiger charge is -2.08. The number of allylic oxidation sites excluding steroid dienone is 2. The van der Waals surface area contributed by atoms with E-state index in [0.717, 1.165) is 27.8 Å². The van der Waals surface area contributed by atoms with Crippen LogP contribution >= 0.6 is 0 Å². The van der Waals surface area contributed by atoms with Crippen molar-refractivity contribution in [3.05, 3.63) is 102 Å². The molecule has 0 heterocycles. The second kappa shape index (κ2) is 8.05. The number of ether oxygens (including phenoxy) is 1. The van der Waals surface area contributed by atoms with E-state index in [9.17, 15) is 9.18 Å². The Bertz CT molecular complexity index is 1040. The molecule has 140 valence electrons. The molecule has 0 unspecified atom stereocenters. The minimum absolute atomic E-state index is 0.102. The van der Waals surface area contributed by atoms with Crippen LogP contribution in [0.3, 0.4) is 0 Å². The van der Waals surface area contributed by atoms with Gasteiger partial charge < -0.3 is 4.74 Å². The summed E-state index contributed by atoms with van der Waals surface area (Å²) in [5, 5.41) is 0. The zero-order chi connectivity index (χ0) is 20.3. The lowest BCUT2D eigenvalue weighted by molar-refractivity contribution is 0.0728. The topological polar surface area (TPSA) is 26.3 Å². The van der Waals surface area contributed by atoms with Crippen LogP contribution in [0.2, 0.25) is 0 Å². The molecule has 3 rings (SSSR count). The fourth-order valence-corrected chi connectivity index (χ4v) is 2.75.